The molecule has 3 nitrogen and oxygen atoms in total. The second-order valence-electron chi connectivity index (χ2n) is 6.84. The van der Waals surface area contributed by atoms with E-state index in [1.54, 1.807) is 0 Å². The number of amides is 1. The van der Waals surface area contributed by atoms with Gasteiger partial charge in [0, 0.05) is 19.0 Å². The molecule has 0 aromatic heterocycles. The van der Waals surface area contributed by atoms with Crippen LogP contribution in [-0.4, -0.2) is 36.5 Å². The second kappa shape index (κ2) is 8.94. The Bertz CT molecular complexity index is 438. The van der Waals surface area contributed by atoms with Crippen LogP contribution in [0.5, 0.6) is 0 Å². The van der Waals surface area contributed by atoms with Crippen LogP contribution in [0.1, 0.15) is 45.1 Å². The Morgan fingerprint density at radius 1 is 1.14 bits per heavy atom. The predicted molar refractivity (Wildman–Crippen MR) is 91.8 cm³/mol. The normalized spacial score (nSPS) is 17.4. The molecular formula is C19H30N2O. The first-order valence-corrected chi connectivity index (χ1v) is 8.70. The Labute approximate surface area is 135 Å². The highest BCUT2D eigenvalue weighted by Gasteiger charge is 2.21. The van der Waals surface area contributed by atoms with Gasteiger partial charge in [0.2, 0.25) is 5.91 Å². The minimum atomic E-state index is 0.185. The lowest BCUT2D eigenvalue weighted by atomic mass is 10.0. The molecule has 1 aliphatic heterocycles. The quantitative estimate of drug-likeness (QED) is 0.838. The fourth-order valence-electron chi connectivity index (χ4n) is 3.17. The summed E-state index contributed by atoms with van der Waals surface area (Å²) < 4.78 is 0. The van der Waals surface area contributed by atoms with Crippen molar-refractivity contribution >= 4 is 5.91 Å². The van der Waals surface area contributed by atoms with Crippen LogP contribution in [0.15, 0.2) is 30.3 Å². The lowest BCUT2D eigenvalue weighted by Gasteiger charge is -2.35. The van der Waals surface area contributed by atoms with Gasteiger partial charge in [-0.15, -0.1) is 0 Å². The number of likely N-dealkylation sites (tertiary alicyclic amines) is 1. The number of carbonyl (C=O) groups is 1. The van der Waals surface area contributed by atoms with Crippen LogP contribution in [-0.2, 0) is 11.2 Å². The highest BCUT2D eigenvalue weighted by Crippen LogP contribution is 2.15. The van der Waals surface area contributed by atoms with Gasteiger partial charge in [0.05, 0.1) is 0 Å². The summed E-state index contributed by atoms with van der Waals surface area (Å²) in [5.74, 6) is 0.604. The molecule has 0 spiro atoms. The predicted octanol–water partition coefficient (Wildman–Crippen LogP) is 3.25. The van der Waals surface area contributed by atoms with Crippen molar-refractivity contribution in [2.75, 3.05) is 19.6 Å². The summed E-state index contributed by atoms with van der Waals surface area (Å²) in [7, 11) is 0. The molecular weight excluding hydrogens is 272 g/mol. The van der Waals surface area contributed by atoms with Crippen LogP contribution in [0.4, 0.5) is 0 Å². The van der Waals surface area contributed by atoms with Crippen molar-refractivity contribution in [1.82, 2.24) is 10.2 Å². The molecule has 1 aliphatic rings. The molecule has 1 unspecified atom stereocenters. The summed E-state index contributed by atoms with van der Waals surface area (Å²) in [6.07, 6.45) is 5.55. The maximum Gasteiger partial charge on any atom is 0.220 e. The molecule has 22 heavy (non-hydrogen) atoms. The van der Waals surface area contributed by atoms with Crippen molar-refractivity contribution in [3.63, 3.8) is 0 Å². The van der Waals surface area contributed by atoms with Crippen molar-refractivity contribution in [1.29, 1.82) is 0 Å². The molecule has 1 aromatic rings. The Morgan fingerprint density at radius 3 is 2.45 bits per heavy atom. The monoisotopic (exact) mass is 302 g/mol. The van der Waals surface area contributed by atoms with E-state index in [9.17, 15) is 4.79 Å². The molecule has 2 rings (SSSR count). The van der Waals surface area contributed by atoms with Gasteiger partial charge in [0.25, 0.3) is 0 Å². The van der Waals surface area contributed by atoms with E-state index in [1.807, 2.05) is 0 Å². The number of benzene rings is 1. The molecule has 1 N–H and O–H groups in total. The third-order valence-electron chi connectivity index (χ3n) is 4.35. The largest absolute Gasteiger partial charge is 0.355 e. The smallest absolute Gasteiger partial charge is 0.220 e. The van der Waals surface area contributed by atoms with Crippen LogP contribution in [0.2, 0.25) is 0 Å². The van der Waals surface area contributed by atoms with Gasteiger partial charge >= 0.3 is 0 Å². The summed E-state index contributed by atoms with van der Waals surface area (Å²) in [5, 5.41) is 3.15. The maximum atomic E-state index is 12.0. The maximum absolute atomic E-state index is 12.0. The van der Waals surface area contributed by atoms with Gasteiger partial charge in [-0.2, -0.15) is 0 Å². The van der Waals surface area contributed by atoms with E-state index in [2.05, 4.69) is 54.4 Å². The topological polar surface area (TPSA) is 32.3 Å². The number of rotatable bonds is 7. The molecule has 1 heterocycles. The van der Waals surface area contributed by atoms with Crippen molar-refractivity contribution in [3.8, 4) is 0 Å². The van der Waals surface area contributed by atoms with E-state index in [4.69, 9.17) is 0 Å². The average molecular weight is 302 g/mol. The van der Waals surface area contributed by atoms with Crippen LogP contribution < -0.4 is 5.32 Å². The Balaban J connectivity index is 1.93. The summed E-state index contributed by atoms with van der Waals surface area (Å²) in [6, 6.07) is 11.0. The lowest BCUT2D eigenvalue weighted by molar-refractivity contribution is -0.122. The van der Waals surface area contributed by atoms with E-state index >= 15 is 0 Å². The third-order valence-corrected chi connectivity index (χ3v) is 4.35. The van der Waals surface area contributed by atoms with Crippen LogP contribution >= 0.6 is 0 Å². The Kier molecular flexibility index (Phi) is 6.91. The van der Waals surface area contributed by atoms with Gasteiger partial charge in [-0.25, -0.2) is 0 Å². The van der Waals surface area contributed by atoms with Crippen molar-refractivity contribution < 1.29 is 4.79 Å². The van der Waals surface area contributed by atoms with Gasteiger partial charge in [-0.3, -0.25) is 9.69 Å². The molecule has 0 saturated carbocycles. The highest BCUT2D eigenvalue weighted by atomic mass is 16.1. The van der Waals surface area contributed by atoms with E-state index < -0.39 is 0 Å². The third kappa shape index (κ3) is 5.80. The SMILES string of the molecule is CC(C)CC(=O)NCC(Cc1ccccc1)N1CCCCC1. The standard InChI is InChI=1S/C19H30N2O/c1-16(2)13-19(22)20-15-18(21-11-7-4-8-12-21)14-17-9-5-3-6-10-17/h3,5-6,9-10,16,18H,4,7-8,11-15H2,1-2H3,(H,20,22). The molecule has 1 atom stereocenters. The average Bonchev–Trinajstić information content (AvgIpc) is 2.52. The zero-order valence-electron chi connectivity index (χ0n) is 14.1. The molecule has 3 heteroatoms. The number of hydrogen-bond donors (Lipinski definition) is 1. The number of nitrogens with zero attached hydrogens (tertiary/aromatic N) is 1. The van der Waals surface area contributed by atoms with Crippen molar-refractivity contribution in [3.05, 3.63) is 35.9 Å². The van der Waals surface area contributed by atoms with Crippen LogP contribution in [0.3, 0.4) is 0 Å². The fraction of sp³-hybridized carbons (Fsp3) is 0.632. The van der Waals surface area contributed by atoms with Gasteiger partial charge in [-0.05, 0) is 43.8 Å². The summed E-state index contributed by atoms with van der Waals surface area (Å²) >= 11 is 0. The molecule has 1 amide bonds. The number of nitrogens with one attached hydrogen (secondary N) is 1. The number of hydrogen-bond acceptors (Lipinski definition) is 2. The molecule has 0 radical (unpaired) electrons. The zero-order valence-corrected chi connectivity index (χ0v) is 14.1. The Hall–Kier alpha value is -1.35. The van der Waals surface area contributed by atoms with Gasteiger partial charge in [0.1, 0.15) is 0 Å². The second-order valence-corrected chi connectivity index (χ2v) is 6.84. The van der Waals surface area contributed by atoms with E-state index in [0.29, 0.717) is 18.4 Å². The van der Waals surface area contributed by atoms with E-state index in [0.717, 1.165) is 26.1 Å². The lowest BCUT2D eigenvalue weighted by Crippen LogP contribution is -2.47. The minimum absolute atomic E-state index is 0.185. The first-order chi connectivity index (χ1) is 10.6. The Morgan fingerprint density at radius 2 is 1.82 bits per heavy atom. The first kappa shape index (κ1) is 17.0. The van der Waals surface area contributed by atoms with Crippen molar-refractivity contribution in [2.24, 2.45) is 5.92 Å². The molecule has 1 aromatic carbocycles. The number of carbonyl (C=O) groups excluding carboxylic acids is 1. The molecule has 0 bridgehead atoms. The first-order valence-electron chi connectivity index (χ1n) is 8.70. The van der Waals surface area contributed by atoms with E-state index in [-0.39, 0.29) is 5.91 Å². The number of piperidine rings is 1. The van der Waals surface area contributed by atoms with Crippen molar-refractivity contribution in [2.45, 2.75) is 52.0 Å². The molecule has 122 valence electrons. The zero-order chi connectivity index (χ0) is 15.8. The van der Waals surface area contributed by atoms with Gasteiger partial charge in [0.15, 0.2) is 0 Å². The summed E-state index contributed by atoms with van der Waals surface area (Å²) in [6.45, 7) is 7.27. The van der Waals surface area contributed by atoms with Crippen LogP contribution in [0.25, 0.3) is 0 Å². The van der Waals surface area contributed by atoms with Gasteiger partial charge in [-0.1, -0.05) is 50.6 Å². The van der Waals surface area contributed by atoms with Crippen LogP contribution in [0, 0.1) is 5.92 Å². The fourth-order valence-corrected chi connectivity index (χ4v) is 3.17. The summed E-state index contributed by atoms with van der Waals surface area (Å²) in [4.78, 5) is 14.5. The molecule has 0 aliphatic carbocycles. The molecule has 1 fully saturated rings. The van der Waals surface area contributed by atoms with Gasteiger partial charge < -0.3 is 5.32 Å². The highest BCUT2D eigenvalue weighted by molar-refractivity contribution is 5.76. The minimum Gasteiger partial charge on any atom is -0.355 e. The summed E-state index contributed by atoms with van der Waals surface area (Å²) in [5.41, 5.74) is 1.36. The molecule has 1 saturated heterocycles. The van der Waals surface area contributed by atoms with E-state index in [1.165, 1.54) is 24.8 Å².